The molecule has 0 unspecified atom stereocenters. The number of hydrogen-bond donors (Lipinski definition) is 0. The largest absolute Gasteiger partial charge is 0.459 e. The summed E-state index contributed by atoms with van der Waals surface area (Å²) < 4.78 is 18.8. The number of nitrogens with zero attached hydrogens (tertiary/aromatic N) is 1. The summed E-state index contributed by atoms with van der Waals surface area (Å²) in [4.78, 5) is 25.4. The average Bonchev–Trinajstić information content (AvgIpc) is 2.56. The van der Waals surface area contributed by atoms with E-state index in [-0.39, 0.29) is 23.8 Å². The molecule has 24 heavy (non-hydrogen) atoms. The van der Waals surface area contributed by atoms with E-state index in [1.54, 1.807) is 37.0 Å². The lowest BCUT2D eigenvalue weighted by Gasteiger charge is -2.31. The molecule has 1 heterocycles. The fraction of sp³-hybridized carbons (Fsp3) is 0.368. The van der Waals surface area contributed by atoms with Gasteiger partial charge in [-0.2, -0.15) is 0 Å². The van der Waals surface area contributed by atoms with Gasteiger partial charge in [0.25, 0.3) is 0 Å². The van der Waals surface area contributed by atoms with Crippen molar-refractivity contribution in [2.45, 2.75) is 32.8 Å². The first kappa shape index (κ1) is 17.9. The number of likely N-dealkylation sites (tertiary alicyclic amines) is 1. The SMILES string of the molecule is C=C(C)C(=O)OC1CCN(C(=O)/C=C/c2cccc(F)c2C)CC1. The Labute approximate surface area is 141 Å². The Hall–Kier alpha value is -2.43. The highest BCUT2D eigenvalue weighted by Crippen LogP contribution is 2.17. The number of amides is 1. The molecular formula is C19H22FNO3. The lowest BCUT2D eigenvalue weighted by Crippen LogP contribution is -2.40. The van der Waals surface area contributed by atoms with E-state index in [9.17, 15) is 14.0 Å². The normalized spacial score (nSPS) is 15.5. The summed E-state index contributed by atoms with van der Waals surface area (Å²) in [5.41, 5.74) is 1.59. The Bertz CT molecular complexity index is 673. The number of rotatable bonds is 4. The Morgan fingerprint density at radius 3 is 2.62 bits per heavy atom. The van der Waals surface area contributed by atoms with Crippen LogP contribution in [-0.2, 0) is 14.3 Å². The first-order valence-electron chi connectivity index (χ1n) is 7.97. The Morgan fingerprint density at radius 2 is 2.00 bits per heavy atom. The van der Waals surface area contributed by atoms with Crippen LogP contribution in [0.2, 0.25) is 0 Å². The van der Waals surface area contributed by atoms with Crippen molar-refractivity contribution < 1.29 is 18.7 Å². The number of carbonyl (C=O) groups is 2. The van der Waals surface area contributed by atoms with Crippen LogP contribution in [0, 0.1) is 12.7 Å². The molecule has 0 atom stereocenters. The van der Waals surface area contributed by atoms with Crippen LogP contribution in [-0.4, -0.2) is 36.0 Å². The average molecular weight is 331 g/mol. The van der Waals surface area contributed by atoms with E-state index in [1.807, 2.05) is 0 Å². The van der Waals surface area contributed by atoms with Crippen LogP contribution in [0.5, 0.6) is 0 Å². The van der Waals surface area contributed by atoms with Gasteiger partial charge >= 0.3 is 5.97 Å². The van der Waals surface area contributed by atoms with E-state index in [2.05, 4.69) is 6.58 Å². The third-order valence-electron chi connectivity index (χ3n) is 4.09. The van der Waals surface area contributed by atoms with Crippen LogP contribution in [0.3, 0.4) is 0 Å². The van der Waals surface area contributed by atoms with E-state index < -0.39 is 0 Å². The van der Waals surface area contributed by atoms with Gasteiger partial charge in [-0.05, 0) is 37.1 Å². The quantitative estimate of drug-likeness (QED) is 0.628. The standard InChI is InChI=1S/C19H22FNO3/c1-13(2)19(23)24-16-9-11-21(12-10-16)18(22)8-7-15-5-4-6-17(20)14(15)3/h4-8,16H,1,9-12H2,2-3H3/b8-7+. The van der Waals surface area contributed by atoms with Crippen LogP contribution >= 0.6 is 0 Å². The predicted octanol–water partition coefficient (Wildman–Crippen LogP) is 3.26. The number of halogens is 1. The van der Waals surface area contributed by atoms with Crippen LogP contribution in [0.1, 0.15) is 30.9 Å². The molecule has 1 aliphatic heterocycles. The van der Waals surface area contributed by atoms with E-state index >= 15 is 0 Å². The van der Waals surface area contributed by atoms with Crippen molar-refractivity contribution in [2.75, 3.05) is 13.1 Å². The summed E-state index contributed by atoms with van der Waals surface area (Å²) in [6.45, 7) is 7.90. The molecule has 1 saturated heterocycles. The minimum atomic E-state index is -0.388. The van der Waals surface area contributed by atoms with E-state index in [0.29, 0.717) is 42.6 Å². The third kappa shape index (κ3) is 4.54. The van der Waals surface area contributed by atoms with E-state index in [4.69, 9.17) is 4.74 Å². The Morgan fingerprint density at radius 1 is 1.33 bits per heavy atom. The number of piperidine rings is 1. The molecule has 0 saturated carbocycles. The number of carbonyl (C=O) groups excluding carboxylic acids is 2. The molecule has 2 rings (SSSR count). The van der Waals surface area contributed by atoms with Gasteiger partial charge in [-0.25, -0.2) is 9.18 Å². The minimum Gasteiger partial charge on any atom is -0.459 e. The number of benzene rings is 1. The molecule has 1 aromatic carbocycles. The molecule has 1 aromatic rings. The van der Waals surface area contributed by atoms with Gasteiger partial charge in [-0.1, -0.05) is 18.7 Å². The maximum atomic E-state index is 13.5. The fourth-order valence-electron chi connectivity index (χ4n) is 2.52. The molecule has 128 valence electrons. The zero-order chi connectivity index (χ0) is 17.7. The molecule has 0 bridgehead atoms. The zero-order valence-electron chi connectivity index (χ0n) is 14.0. The lowest BCUT2D eigenvalue weighted by atomic mass is 10.1. The molecule has 5 heteroatoms. The monoisotopic (exact) mass is 331 g/mol. The highest BCUT2D eigenvalue weighted by atomic mass is 19.1. The van der Waals surface area contributed by atoms with Crippen molar-refractivity contribution in [3.8, 4) is 0 Å². The lowest BCUT2D eigenvalue weighted by molar-refractivity contribution is -0.147. The first-order chi connectivity index (χ1) is 11.4. The van der Waals surface area contributed by atoms with E-state index in [1.165, 1.54) is 12.1 Å². The van der Waals surface area contributed by atoms with Gasteiger partial charge in [-0.15, -0.1) is 0 Å². The van der Waals surface area contributed by atoms with Gasteiger partial charge in [0.2, 0.25) is 5.91 Å². The summed E-state index contributed by atoms with van der Waals surface area (Å²) in [5.74, 6) is -0.797. The van der Waals surface area contributed by atoms with Crippen LogP contribution in [0.4, 0.5) is 4.39 Å². The van der Waals surface area contributed by atoms with Gasteiger partial charge < -0.3 is 9.64 Å². The second-order valence-corrected chi connectivity index (χ2v) is 6.00. The molecule has 0 aliphatic carbocycles. The van der Waals surface area contributed by atoms with Gasteiger partial charge in [0.15, 0.2) is 0 Å². The predicted molar refractivity (Wildman–Crippen MR) is 90.7 cm³/mol. The third-order valence-corrected chi connectivity index (χ3v) is 4.09. The van der Waals surface area contributed by atoms with Gasteiger partial charge in [-0.3, -0.25) is 4.79 Å². The van der Waals surface area contributed by atoms with Crippen molar-refractivity contribution in [1.82, 2.24) is 4.90 Å². The second-order valence-electron chi connectivity index (χ2n) is 6.00. The molecule has 1 aliphatic rings. The highest BCUT2D eigenvalue weighted by Gasteiger charge is 2.24. The molecule has 4 nitrogen and oxygen atoms in total. The summed E-state index contributed by atoms with van der Waals surface area (Å²) >= 11 is 0. The maximum absolute atomic E-state index is 13.5. The highest BCUT2D eigenvalue weighted by molar-refractivity contribution is 5.92. The van der Waals surface area contributed by atoms with Crippen LogP contribution in [0.15, 0.2) is 36.4 Å². The Kier molecular flexibility index (Phi) is 5.90. The summed E-state index contributed by atoms with van der Waals surface area (Å²) in [5, 5.41) is 0. The summed E-state index contributed by atoms with van der Waals surface area (Å²) in [7, 11) is 0. The smallest absolute Gasteiger partial charge is 0.333 e. The fourth-order valence-corrected chi connectivity index (χ4v) is 2.52. The van der Waals surface area contributed by atoms with Gasteiger partial charge in [0, 0.05) is 37.6 Å². The Balaban J connectivity index is 1.89. The molecule has 0 radical (unpaired) electrons. The summed E-state index contributed by atoms with van der Waals surface area (Å²) in [6.07, 6.45) is 4.14. The zero-order valence-corrected chi connectivity index (χ0v) is 14.0. The van der Waals surface area contributed by atoms with Crippen LogP contribution < -0.4 is 0 Å². The topological polar surface area (TPSA) is 46.6 Å². The molecule has 1 amide bonds. The number of esters is 1. The van der Waals surface area contributed by atoms with Crippen molar-refractivity contribution in [1.29, 1.82) is 0 Å². The second kappa shape index (κ2) is 7.90. The van der Waals surface area contributed by atoms with Crippen molar-refractivity contribution >= 4 is 18.0 Å². The van der Waals surface area contributed by atoms with Crippen molar-refractivity contribution in [3.05, 3.63) is 53.4 Å². The number of hydrogen-bond acceptors (Lipinski definition) is 3. The van der Waals surface area contributed by atoms with Gasteiger partial charge in [0.05, 0.1) is 0 Å². The maximum Gasteiger partial charge on any atom is 0.333 e. The molecule has 0 aromatic heterocycles. The van der Waals surface area contributed by atoms with Crippen LogP contribution in [0.25, 0.3) is 6.08 Å². The first-order valence-corrected chi connectivity index (χ1v) is 7.97. The molecular weight excluding hydrogens is 309 g/mol. The molecule has 0 N–H and O–H groups in total. The number of ether oxygens (including phenoxy) is 1. The summed E-state index contributed by atoms with van der Waals surface area (Å²) in [6, 6.07) is 4.78. The molecule has 1 fully saturated rings. The van der Waals surface area contributed by atoms with Crippen molar-refractivity contribution in [2.24, 2.45) is 0 Å². The van der Waals surface area contributed by atoms with E-state index in [0.717, 1.165) is 0 Å². The van der Waals surface area contributed by atoms with Crippen molar-refractivity contribution in [3.63, 3.8) is 0 Å². The van der Waals surface area contributed by atoms with Gasteiger partial charge in [0.1, 0.15) is 11.9 Å². The molecule has 0 spiro atoms. The minimum absolute atomic E-state index is 0.122.